The smallest absolute Gasteiger partial charge is 0.139 e. The lowest BCUT2D eigenvalue weighted by Gasteiger charge is -2.38. The molecule has 0 atom stereocenters. The molecule has 1 heterocycles. The maximum absolute atomic E-state index is 13.3. The number of allylic oxidation sites excluding steroid dienone is 1. The molecule has 1 aliphatic heterocycles. The van der Waals surface area contributed by atoms with Gasteiger partial charge >= 0.3 is 0 Å². The van der Waals surface area contributed by atoms with Crippen LogP contribution in [0.2, 0.25) is 0 Å². The summed E-state index contributed by atoms with van der Waals surface area (Å²) in [5.74, 6) is -0.481. The average Bonchev–Trinajstić information content (AvgIpc) is 2.51. The van der Waals surface area contributed by atoms with Gasteiger partial charge in [-0.3, -0.25) is 4.90 Å². The number of rotatable bonds is 7. The van der Waals surface area contributed by atoms with Gasteiger partial charge in [0, 0.05) is 19.2 Å². The fraction of sp³-hybridized carbons (Fsp3) is 0.611. The standard InChI is InChI=1S/C16H24FN3S.C2H6/c1-13(11-15(14(2)17)19-21-4)12-20-9-6-16(3,5-8-18)7-10-20;1-2/h11,19H,1-2,5-7,9-10,12H2,3-4H3;1-2H3/b15-11+;. The number of nitrogens with one attached hydrogen (secondary N) is 1. The zero-order valence-electron chi connectivity index (χ0n) is 14.9. The number of halogens is 1. The zero-order valence-corrected chi connectivity index (χ0v) is 15.7. The molecule has 0 saturated carbocycles. The summed E-state index contributed by atoms with van der Waals surface area (Å²) < 4.78 is 16.1. The number of nitrogens with zero attached hydrogens (tertiary/aromatic N) is 2. The Kier molecular flexibility index (Phi) is 10.7. The molecule has 0 radical (unpaired) electrons. The molecule has 5 heteroatoms. The Hall–Kier alpha value is -1.25. The maximum atomic E-state index is 13.3. The molecule has 3 nitrogen and oxygen atoms in total. The molecule has 0 spiro atoms. The molecule has 0 bridgehead atoms. The van der Waals surface area contributed by atoms with Gasteiger partial charge in [0.15, 0.2) is 0 Å². The highest BCUT2D eigenvalue weighted by Gasteiger charge is 2.29. The first kappa shape index (κ1) is 21.8. The SMILES string of the molecule is C=C(/C=C(/NSC)C(=C)F)CN1CCC(C)(CC#N)CC1.CC. The van der Waals surface area contributed by atoms with Crippen molar-refractivity contribution in [2.75, 3.05) is 25.9 Å². The van der Waals surface area contributed by atoms with E-state index < -0.39 is 5.83 Å². The van der Waals surface area contributed by atoms with Crippen LogP contribution in [0.4, 0.5) is 4.39 Å². The van der Waals surface area contributed by atoms with Crippen molar-refractivity contribution in [3.63, 3.8) is 0 Å². The zero-order chi connectivity index (χ0) is 17.9. The number of nitriles is 1. The molecule has 0 unspecified atom stereocenters. The summed E-state index contributed by atoms with van der Waals surface area (Å²) in [7, 11) is 0. The highest BCUT2D eigenvalue weighted by Crippen LogP contribution is 2.34. The van der Waals surface area contributed by atoms with Gasteiger partial charge in [0.1, 0.15) is 5.83 Å². The summed E-state index contributed by atoms with van der Waals surface area (Å²) in [6.07, 6.45) is 6.19. The molecule has 130 valence electrons. The van der Waals surface area contributed by atoms with Crippen molar-refractivity contribution in [1.29, 1.82) is 5.26 Å². The summed E-state index contributed by atoms with van der Waals surface area (Å²) in [5.41, 5.74) is 1.37. The second kappa shape index (κ2) is 11.3. The highest BCUT2D eigenvalue weighted by molar-refractivity contribution is 7.96. The molecule has 1 aliphatic rings. The van der Waals surface area contributed by atoms with Crippen molar-refractivity contribution in [3.05, 3.63) is 36.3 Å². The van der Waals surface area contributed by atoms with Crippen LogP contribution in [-0.2, 0) is 0 Å². The monoisotopic (exact) mass is 339 g/mol. The summed E-state index contributed by atoms with van der Waals surface area (Å²) in [6.45, 7) is 16.1. The second-order valence-corrected chi connectivity index (χ2v) is 6.46. The van der Waals surface area contributed by atoms with Crippen LogP contribution in [0.15, 0.2) is 36.3 Å². The van der Waals surface area contributed by atoms with E-state index in [2.05, 4.69) is 35.8 Å². The van der Waals surface area contributed by atoms with E-state index in [9.17, 15) is 4.39 Å². The molecule has 0 aromatic heterocycles. The molecular formula is C18H30FN3S. The predicted molar refractivity (Wildman–Crippen MR) is 99.5 cm³/mol. The largest absolute Gasteiger partial charge is 0.328 e. The van der Waals surface area contributed by atoms with Gasteiger partial charge in [0.25, 0.3) is 0 Å². The van der Waals surface area contributed by atoms with Crippen molar-refractivity contribution < 1.29 is 4.39 Å². The third-order valence-corrected chi connectivity index (χ3v) is 4.27. The number of piperidine rings is 1. The minimum atomic E-state index is -0.481. The van der Waals surface area contributed by atoms with E-state index in [1.807, 2.05) is 20.1 Å². The summed E-state index contributed by atoms with van der Waals surface area (Å²) in [4.78, 5) is 2.30. The van der Waals surface area contributed by atoms with Gasteiger partial charge in [0.05, 0.1) is 11.8 Å². The van der Waals surface area contributed by atoms with Crippen LogP contribution in [0.25, 0.3) is 0 Å². The quantitative estimate of drug-likeness (QED) is 0.533. The first-order valence-corrected chi connectivity index (χ1v) is 9.25. The van der Waals surface area contributed by atoms with E-state index in [0.29, 0.717) is 12.1 Å². The van der Waals surface area contributed by atoms with Crippen molar-refractivity contribution in [2.24, 2.45) is 5.41 Å². The Morgan fingerprint density at radius 1 is 1.39 bits per heavy atom. The molecule has 0 amide bonds. The van der Waals surface area contributed by atoms with Crippen molar-refractivity contribution >= 4 is 11.9 Å². The number of likely N-dealkylation sites (tertiary alicyclic amines) is 1. The third-order valence-electron chi connectivity index (χ3n) is 3.85. The third kappa shape index (κ3) is 8.24. The van der Waals surface area contributed by atoms with Gasteiger partial charge in [-0.2, -0.15) is 5.26 Å². The molecule has 1 fully saturated rings. The van der Waals surface area contributed by atoms with Gasteiger partial charge in [-0.1, -0.05) is 45.9 Å². The van der Waals surface area contributed by atoms with Crippen LogP contribution in [0.3, 0.4) is 0 Å². The molecule has 23 heavy (non-hydrogen) atoms. The first-order valence-electron chi connectivity index (χ1n) is 8.03. The van der Waals surface area contributed by atoms with Gasteiger partial charge in [-0.15, -0.1) is 0 Å². The van der Waals surface area contributed by atoms with E-state index in [4.69, 9.17) is 5.26 Å². The molecule has 0 aromatic rings. The predicted octanol–water partition coefficient (Wildman–Crippen LogP) is 4.82. The Morgan fingerprint density at radius 2 is 1.96 bits per heavy atom. The molecule has 0 aromatic carbocycles. The topological polar surface area (TPSA) is 39.1 Å². The van der Waals surface area contributed by atoms with Crippen LogP contribution in [0.1, 0.15) is 40.0 Å². The minimum absolute atomic E-state index is 0.140. The van der Waals surface area contributed by atoms with E-state index >= 15 is 0 Å². The summed E-state index contributed by atoms with van der Waals surface area (Å²) in [6, 6.07) is 2.28. The van der Waals surface area contributed by atoms with Crippen LogP contribution in [-0.4, -0.2) is 30.8 Å². The Morgan fingerprint density at radius 3 is 2.39 bits per heavy atom. The van der Waals surface area contributed by atoms with E-state index in [-0.39, 0.29) is 5.41 Å². The van der Waals surface area contributed by atoms with Gasteiger partial charge in [0.2, 0.25) is 0 Å². The summed E-state index contributed by atoms with van der Waals surface area (Å²) >= 11 is 1.33. The fourth-order valence-corrected chi connectivity index (χ4v) is 2.82. The normalized spacial score (nSPS) is 17.5. The Bertz CT molecular complexity index is 457. The van der Waals surface area contributed by atoms with E-state index in [1.165, 1.54) is 11.9 Å². The summed E-state index contributed by atoms with van der Waals surface area (Å²) in [5, 5.41) is 8.86. The number of hydrogen-bond acceptors (Lipinski definition) is 4. The fourth-order valence-electron chi connectivity index (χ4n) is 2.43. The van der Waals surface area contributed by atoms with E-state index in [0.717, 1.165) is 38.0 Å². The number of hydrogen-bond donors (Lipinski definition) is 1. The highest BCUT2D eigenvalue weighted by atomic mass is 32.2. The lowest BCUT2D eigenvalue weighted by molar-refractivity contribution is 0.130. The molecular weight excluding hydrogens is 309 g/mol. The first-order chi connectivity index (χ1) is 10.9. The maximum Gasteiger partial charge on any atom is 0.139 e. The lowest BCUT2D eigenvalue weighted by Crippen LogP contribution is -2.39. The Balaban J connectivity index is 0.00000232. The van der Waals surface area contributed by atoms with Gasteiger partial charge in [-0.25, -0.2) is 4.39 Å². The van der Waals surface area contributed by atoms with Crippen molar-refractivity contribution in [2.45, 2.75) is 40.0 Å². The molecule has 1 N–H and O–H groups in total. The van der Waals surface area contributed by atoms with Crippen molar-refractivity contribution in [1.82, 2.24) is 9.62 Å². The van der Waals surface area contributed by atoms with E-state index in [1.54, 1.807) is 6.08 Å². The van der Waals surface area contributed by atoms with Gasteiger partial charge < -0.3 is 4.72 Å². The van der Waals surface area contributed by atoms with Crippen LogP contribution in [0, 0.1) is 16.7 Å². The van der Waals surface area contributed by atoms with Crippen LogP contribution >= 0.6 is 11.9 Å². The minimum Gasteiger partial charge on any atom is -0.328 e. The molecule has 1 saturated heterocycles. The van der Waals surface area contributed by atoms with Crippen LogP contribution < -0.4 is 4.72 Å². The lowest BCUT2D eigenvalue weighted by atomic mass is 9.78. The van der Waals surface area contributed by atoms with Crippen LogP contribution in [0.5, 0.6) is 0 Å². The van der Waals surface area contributed by atoms with Gasteiger partial charge in [-0.05, 0) is 43.0 Å². The molecule has 1 rings (SSSR count). The molecule has 0 aliphatic carbocycles. The second-order valence-electron chi connectivity index (χ2n) is 5.85. The Labute approximate surface area is 145 Å². The van der Waals surface area contributed by atoms with Crippen molar-refractivity contribution in [3.8, 4) is 6.07 Å². The average molecular weight is 340 g/mol.